The first kappa shape index (κ1) is 54.0. The van der Waals surface area contributed by atoms with E-state index in [4.69, 9.17) is 26.2 Å². The van der Waals surface area contributed by atoms with Crippen molar-refractivity contribution in [2.24, 2.45) is 0 Å². The third kappa shape index (κ3) is 10.9. The van der Waals surface area contributed by atoms with Gasteiger partial charge in [-0.3, -0.25) is 19.8 Å². The van der Waals surface area contributed by atoms with Crippen molar-refractivity contribution in [3.05, 3.63) is 225 Å². The Morgan fingerprint density at radius 2 is 1.46 bits per heavy atom. The predicted octanol–water partition coefficient (Wildman–Crippen LogP) is 12.4. The van der Waals surface area contributed by atoms with Crippen molar-refractivity contribution >= 4 is 61.1 Å². The second-order valence-electron chi connectivity index (χ2n) is 20.5. The second-order valence-corrected chi connectivity index (χ2v) is 22.6. The van der Waals surface area contributed by atoms with Gasteiger partial charge in [0.25, 0.3) is 27.5 Å². The Labute approximate surface area is 468 Å². The van der Waals surface area contributed by atoms with Crippen molar-refractivity contribution in [2.75, 3.05) is 62.8 Å². The number of rotatable bonds is 16. The minimum Gasteiger partial charge on any atom is -0.456 e. The molecule has 410 valence electrons. The van der Waals surface area contributed by atoms with Gasteiger partial charge in [0, 0.05) is 94.7 Å². The minimum absolute atomic E-state index is 0.0277. The number of amides is 1. The van der Waals surface area contributed by atoms with Gasteiger partial charge in [0.1, 0.15) is 22.7 Å². The van der Waals surface area contributed by atoms with Crippen molar-refractivity contribution < 1.29 is 36.4 Å². The first-order chi connectivity index (χ1) is 38.7. The number of nitrogens with one attached hydrogen (secondary N) is 1. The van der Waals surface area contributed by atoms with Gasteiger partial charge in [-0.15, -0.1) is 0 Å². The number of piperazine rings is 1. The maximum atomic E-state index is 15.0. The summed E-state index contributed by atoms with van der Waals surface area (Å²) < 4.78 is 74.9. The van der Waals surface area contributed by atoms with Crippen LogP contribution in [0.3, 0.4) is 0 Å². The van der Waals surface area contributed by atoms with Crippen LogP contribution in [0.25, 0.3) is 16.5 Å². The molecule has 0 bridgehead atoms. The summed E-state index contributed by atoms with van der Waals surface area (Å²) in [5, 5.41) is 18.8. The Morgan fingerprint density at radius 1 is 0.825 bits per heavy atom. The van der Waals surface area contributed by atoms with Crippen molar-refractivity contribution in [3.8, 4) is 11.5 Å². The molecular weight excluding hydrogens is 1060 g/mol. The number of carbonyl (C=O) groups is 1. The molecule has 0 atom stereocenters. The zero-order valence-electron chi connectivity index (χ0n) is 43.9. The molecule has 1 aromatic heterocycles. The van der Waals surface area contributed by atoms with Crippen LogP contribution in [-0.4, -0.2) is 98.9 Å². The van der Waals surface area contributed by atoms with Gasteiger partial charge in [0.15, 0.2) is 0 Å². The molecule has 1 amide bonds. The summed E-state index contributed by atoms with van der Waals surface area (Å²) in [6.07, 6.45) is 2.72. The fourth-order valence-electron chi connectivity index (χ4n) is 11.6. The maximum Gasteiger partial charge on any atom is 0.293 e. The van der Waals surface area contributed by atoms with Crippen LogP contribution in [0.2, 0.25) is 5.02 Å². The molecule has 1 N–H and O–H groups in total. The highest BCUT2D eigenvalue weighted by atomic mass is 35.5. The van der Waals surface area contributed by atoms with E-state index in [0.717, 1.165) is 33.9 Å². The van der Waals surface area contributed by atoms with Crippen LogP contribution in [0.1, 0.15) is 64.7 Å². The van der Waals surface area contributed by atoms with E-state index in [-0.39, 0.29) is 42.3 Å². The van der Waals surface area contributed by atoms with E-state index in [1.165, 1.54) is 18.2 Å². The molecule has 80 heavy (non-hydrogen) atoms. The van der Waals surface area contributed by atoms with Crippen molar-refractivity contribution in [1.29, 1.82) is 0 Å². The topological polar surface area (TPSA) is 152 Å². The Bertz CT molecular complexity index is 3610. The van der Waals surface area contributed by atoms with Crippen LogP contribution < -0.4 is 19.3 Å². The van der Waals surface area contributed by atoms with Crippen LogP contribution in [0, 0.1) is 10.1 Å². The van der Waals surface area contributed by atoms with Crippen LogP contribution >= 0.6 is 11.6 Å². The molecule has 0 spiro atoms. The summed E-state index contributed by atoms with van der Waals surface area (Å²) in [7, 11) is -2.98. The Hall–Kier alpha value is -7.96. The molecule has 2 aliphatic heterocycles. The Kier molecular flexibility index (Phi) is 15.3. The van der Waals surface area contributed by atoms with E-state index in [9.17, 15) is 23.3 Å². The summed E-state index contributed by atoms with van der Waals surface area (Å²) in [6.45, 7) is 3.46. The van der Waals surface area contributed by atoms with Gasteiger partial charge in [-0.1, -0.05) is 121 Å². The number of halogens is 3. The second kappa shape index (κ2) is 22.7. The fourth-order valence-corrected chi connectivity index (χ4v) is 12.7. The van der Waals surface area contributed by atoms with E-state index in [1.807, 2.05) is 83.5 Å². The number of benzene rings is 7. The van der Waals surface area contributed by atoms with Gasteiger partial charge >= 0.3 is 0 Å². The van der Waals surface area contributed by atoms with E-state index in [1.54, 1.807) is 48.5 Å². The maximum absolute atomic E-state index is 15.0. The molecular formula is C62H58ClF2N7O7S. The van der Waals surface area contributed by atoms with Gasteiger partial charge < -0.3 is 19.3 Å². The van der Waals surface area contributed by atoms with E-state index < -0.39 is 42.9 Å². The van der Waals surface area contributed by atoms with Crippen LogP contribution in [-0.2, 0) is 20.3 Å². The zero-order chi connectivity index (χ0) is 55.6. The van der Waals surface area contributed by atoms with E-state index in [0.29, 0.717) is 91.7 Å². The number of allylic oxidation sites excluding steroid dienone is 1. The first-order valence-corrected chi connectivity index (χ1v) is 28.5. The van der Waals surface area contributed by atoms with Gasteiger partial charge in [-0.05, 0) is 101 Å². The average molecular weight is 1120 g/mol. The lowest BCUT2D eigenvalue weighted by atomic mass is 9.77. The lowest BCUT2D eigenvalue weighted by Crippen LogP contribution is -2.47. The van der Waals surface area contributed by atoms with Crippen molar-refractivity contribution in [1.82, 2.24) is 19.4 Å². The smallest absolute Gasteiger partial charge is 0.293 e. The monoisotopic (exact) mass is 1120 g/mol. The molecule has 2 fully saturated rings. The highest BCUT2D eigenvalue weighted by molar-refractivity contribution is 7.90. The highest BCUT2D eigenvalue weighted by Gasteiger charge is 2.41. The number of aromatic nitrogens is 2. The number of alkyl halides is 2. The number of fused-ring (bicyclic) bond motifs is 1. The molecule has 18 heteroatoms. The molecule has 3 heterocycles. The standard InChI is InChI=1S/C62H58ClF2N7O7S/c1-68(49-29-36-78-37-30-49)56-27-25-51(39-57(56)72(74)75)80(76,77)67-60(73)53-26-24-50(70-34-32-69(33-35-70)42-44-40-61(64,65)31-28-52(44)43-20-22-48(63)23-21-43)38-59(53)79-58-19-11-18-55-54(58)41-66-71(55)62(45-12-5-2-6-13-45,46-14-7-3-8-15-46)47-16-9-4-10-17-47/h2-27,38-39,41,49H,28-37,40,42H2,1H3,(H,67,73). The third-order valence-electron chi connectivity index (χ3n) is 15.7. The normalized spacial score (nSPS) is 16.4. The lowest BCUT2D eigenvalue weighted by Gasteiger charge is -2.38. The Balaban J connectivity index is 0.944. The van der Waals surface area contributed by atoms with Crippen LogP contribution in [0.15, 0.2) is 187 Å². The summed E-state index contributed by atoms with van der Waals surface area (Å²) in [6, 6.07) is 51.6. The summed E-state index contributed by atoms with van der Waals surface area (Å²) in [5.74, 6) is -3.49. The predicted molar refractivity (Wildman–Crippen MR) is 307 cm³/mol. The van der Waals surface area contributed by atoms with Gasteiger partial charge in [0.05, 0.1) is 32.5 Å². The summed E-state index contributed by atoms with van der Waals surface area (Å²) in [5.41, 5.74) is 5.43. The molecule has 2 saturated heterocycles. The summed E-state index contributed by atoms with van der Waals surface area (Å²) >= 11 is 6.19. The highest BCUT2D eigenvalue weighted by Crippen LogP contribution is 2.45. The number of nitro benzene ring substituents is 1. The van der Waals surface area contributed by atoms with Crippen LogP contribution in [0.5, 0.6) is 11.5 Å². The number of nitrogens with zero attached hydrogens (tertiary/aromatic N) is 6. The van der Waals surface area contributed by atoms with Gasteiger partial charge in [-0.2, -0.15) is 5.10 Å². The van der Waals surface area contributed by atoms with Gasteiger partial charge in [-0.25, -0.2) is 26.6 Å². The lowest BCUT2D eigenvalue weighted by molar-refractivity contribution is -0.384. The molecule has 1 aliphatic carbocycles. The molecule has 7 aromatic carbocycles. The molecule has 3 aliphatic rings. The van der Waals surface area contributed by atoms with Crippen molar-refractivity contribution in [3.63, 3.8) is 0 Å². The number of sulfonamides is 1. The number of ether oxygens (including phenoxy) is 2. The molecule has 11 rings (SSSR count). The van der Waals surface area contributed by atoms with Crippen LogP contribution in [0.4, 0.5) is 25.8 Å². The fraction of sp³-hybridized carbons (Fsp3) is 0.258. The zero-order valence-corrected chi connectivity index (χ0v) is 45.5. The Morgan fingerprint density at radius 3 is 2.09 bits per heavy atom. The molecule has 0 unspecified atom stereocenters. The van der Waals surface area contributed by atoms with E-state index >= 15 is 8.78 Å². The largest absolute Gasteiger partial charge is 0.456 e. The molecule has 14 nitrogen and oxygen atoms in total. The number of hydrogen-bond acceptors (Lipinski definition) is 11. The average Bonchev–Trinajstić information content (AvgIpc) is 4.13. The summed E-state index contributed by atoms with van der Waals surface area (Å²) in [4.78, 5) is 32.0. The number of anilines is 2. The minimum atomic E-state index is -4.71. The first-order valence-electron chi connectivity index (χ1n) is 26.6. The number of carbonyl (C=O) groups excluding carboxylic acids is 1. The third-order valence-corrected chi connectivity index (χ3v) is 17.3. The van der Waals surface area contributed by atoms with Gasteiger partial charge in [0.2, 0.25) is 0 Å². The number of nitro groups is 1. The van der Waals surface area contributed by atoms with Crippen molar-refractivity contribution in [2.45, 2.75) is 54.5 Å². The quantitative estimate of drug-likeness (QED) is 0.0559. The number of hydrogen-bond donors (Lipinski definition) is 1. The SMILES string of the molecule is CN(c1ccc(S(=O)(=O)NC(=O)c2ccc(N3CCN(CC4=C(c5ccc(Cl)cc5)CCC(F)(F)C4)CC3)cc2Oc2cccc3c2cnn3C(c2ccccc2)(c2ccccc2)c2ccccc2)cc1[N+](=O)[O-])C1CCOCC1. The molecule has 8 aromatic rings. The van der Waals surface area contributed by atoms with E-state index in [2.05, 4.69) is 50.9 Å². The molecule has 0 radical (unpaired) electrons. The molecule has 0 saturated carbocycles.